The minimum absolute atomic E-state index is 0.0251. The zero-order valence-electron chi connectivity index (χ0n) is 18.0. The van der Waals surface area contributed by atoms with Crippen LogP contribution in [0.4, 0.5) is 5.69 Å². The van der Waals surface area contributed by atoms with Gasteiger partial charge < -0.3 is 10.6 Å². The third-order valence-corrected chi connectivity index (χ3v) is 8.07. The predicted molar refractivity (Wildman–Crippen MR) is 128 cm³/mol. The Morgan fingerprint density at radius 3 is 2.68 bits per heavy atom. The second-order valence-corrected chi connectivity index (χ2v) is 10.3. The van der Waals surface area contributed by atoms with Crippen molar-refractivity contribution in [2.45, 2.75) is 50.5 Å². The molecular formula is C25H29ClN2O2S. The fourth-order valence-corrected chi connectivity index (χ4v) is 6.29. The number of carbonyl (C=O) groups is 2. The summed E-state index contributed by atoms with van der Waals surface area (Å²) in [6.45, 7) is 4.09. The zero-order chi connectivity index (χ0) is 22.0. The van der Waals surface area contributed by atoms with Gasteiger partial charge in [-0.3, -0.25) is 9.59 Å². The van der Waals surface area contributed by atoms with Crippen LogP contribution in [0.25, 0.3) is 0 Å². The molecular weight excluding hydrogens is 428 g/mol. The molecule has 0 heterocycles. The molecule has 2 saturated carbocycles. The lowest BCUT2D eigenvalue weighted by atomic mass is 9.84. The summed E-state index contributed by atoms with van der Waals surface area (Å²) in [5.41, 5.74) is 2.15. The number of fused-ring (bicyclic) bond motifs is 2. The molecule has 4 rings (SSSR count). The van der Waals surface area contributed by atoms with E-state index in [0.29, 0.717) is 27.9 Å². The highest BCUT2D eigenvalue weighted by Crippen LogP contribution is 2.49. The van der Waals surface area contributed by atoms with E-state index in [0.717, 1.165) is 22.3 Å². The number of carbonyl (C=O) groups excluding carboxylic acids is 2. The minimum atomic E-state index is -0.232. The number of hydrogen-bond acceptors (Lipinski definition) is 3. The topological polar surface area (TPSA) is 58.2 Å². The Balaban J connectivity index is 1.34. The van der Waals surface area contributed by atoms with E-state index in [1.165, 1.54) is 37.4 Å². The second-order valence-electron chi connectivity index (χ2n) is 8.92. The smallest absolute Gasteiger partial charge is 0.256 e. The van der Waals surface area contributed by atoms with E-state index in [1.807, 2.05) is 37.3 Å². The van der Waals surface area contributed by atoms with Gasteiger partial charge in [0.05, 0.1) is 22.0 Å². The maximum Gasteiger partial charge on any atom is 0.256 e. The molecule has 0 spiro atoms. The molecule has 0 radical (unpaired) electrons. The van der Waals surface area contributed by atoms with Crippen molar-refractivity contribution in [2.24, 2.45) is 17.8 Å². The van der Waals surface area contributed by atoms with E-state index in [1.54, 1.807) is 12.1 Å². The van der Waals surface area contributed by atoms with E-state index < -0.39 is 0 Å². The van der Waals surface area contributed by atoms with Gasteiger partial charge in [0, 0.05) is 10.9 Å². The number of aryl methyl sites for hydroxylation is 1. The van der Waals surface area contributed by atoms with Gasteiger partial charge in [0.25, 0.3) is 5.91 Å². The van der Waals surface area contributed by atoms with Crippen molar-refractivity contribution in [3.8, 4) is 0 Å². The van der Waals surface area contributed by atoms with Crippen LogP contribution in [0.5, 0.6) is 0 Å². The standard InChI is InChI=1S/C25H29ClN2O2S/c1-15-7-10-22(21(26)11-15)28-25(30)19-5-3-4-6-23(19)31-14-24(29)27-16(2)20-13-17-8-9-18(20)12-17/h3-7,10-11,16-18,20H,8-9,12-14H2,1-2H3,(H,27,29)(H,28,30)/t16-,17+,18+,20+/m1/s1. The average molecular weight is 457 g/mol. The summed E-state index contributed by atoms with van der Waals surface area (Å²) in [5, 5.41) is 6.59. The minimum Gasteiger partial charge on any atom is -0.353 e. The van der Waals surface area contributed by atoms with E-state index in [4.69, 9.17) is 11.6 Å². The summed E-state index contributed by atoms with van der Waals surface area (Å²) in [7, 11) is 0. The largest absolute Gasteiger partial charge is 0.353 e. The van der Waals surface area contributed by atoms with Gasteiger partial charge in [0.2, 0.25) is 5.91 Å². The van der Waals surface area contributed by atoms with E-state index in [2.05, 4.69) is 17.6 Å². The van der Waals surface area contributed by atoms with Gasteiger partial charge in [0.1, 0.15) is 0 Å². The first-order valence-corrected chi connectivity index (χ1v) is 12.4. The number of rotatable bonds is 7. The Kier molecular flexibility index (Phi) is 6.92. The Bertz CT molecular complexity index is 980. The lowest BCUT2D eigenvalue weighted by molar-refractivity contribution is -0.119. The Morgan fingerprint density at radius 2 is 1.97 bits per heavy atom. The molecule has 2 bridgehead atoms. The molecule has 164 valence electrons. The van der Waals surface area contributed by atoms with E-state index in [9.17, 15) is 9.59 Å². The molecule has 2 aliphatic rings. The first-order chi connectivity index (χ1) is 14.9. The van der Waals surface area contributed by atoms with Crippen LogP contribution in [-0.2, 0) is 4.79 Å². The molecule has 2 aromatic carbocycles. The Labute approximate surface area is 193 Å². The normalized spacial score (nSPS) is 22.9. The molecule has 31 heavy (non-hydrogen) atoms. The molecule has 2 aromatic rings. The van der Waals surface area contributed by atoms with Gasteiger partial charge in [-0.15, -0.1) is 11.8 Å². The second kappa shape index (κ2) is 9.66. The van der Waals surface area contributed by atoms with Gasteiger partial charge in [0.15, 0.2) is 0 Å². The zero-order valence-corrected chi connectivity index (χ0v) is 19.6. The van der Waals surface area contributed by atoms with Crippen molar-refractivity contribution < 1.29 is 9.59 Å². The van der Waals surface area contributed by atoms with Crippen LogP contribution in [0.3, 0.4) is 0 Å². The van der Waals surface area contributed by atoms with Crippen molar-refractivity contribution in [3.63, 3.8) is 0 Å². The molecule has 0 aliphatic heterocycles. The summed E-state index contributed by atoms with van der Waals surface area (Å²) in [6, 6.07) is 13.1. The number of thioether (sulfide) groups is 1. The van der Waals surface area contributed by atoms with Crippen molar-refractivity contribution in [1.29, 1.82) is 0 Å². The van der Waals surface area contributed by atoms with E-state index >= 15 is 0 Å². The average Bonchev–Trinajstić information content (AvgIpc) is 3.38. The van der Waals surface area contributed by atoms with Crippen molar-refractivity contribution in [3.05, 3.63) is 58.6 Å². The first kappa shape index (κ1) is 22.2. The van der Waals surface area contributed by atoms with Gasteiger partial charge in [-0.05, 0) is 80.7 Å². The lowest BCUT2D eigenvalue weighted by Gasteiger charge is -2.28. The van der Waals surface area contributed by atoms with Crippen LogP contribution in [-0.4, -0.2) is 23.6 Å². The SMILES string of the molecule is Cc1ccc(NC(=O)c2ccccc2SCC(=O)N[C@H](C)[C@@H]2C[C@H]3CC[C@H]2C3)c(Cl)c1. The summed E-state index contributed by atoms with van der Waals surface area (Å²) < 4.78 is 0. The van der Waals surface area contributed by atoms with Gasteiger partial charge in [-0.25, -0.2) is 0 Å². The third kappa shape index (κ3) is 5.27. The maximum absolute atomic E-state index is 12.9. The van der Waals surface area contributed by atoms with Crippen LogP contribution in [0.2, 0.25) is 5.02 Å². The molecule has 2 fully saturated rings. The quantitative estimate of drug-likeness (QED) is 0.507. The number of halogens is 1. The van der Waals surface area contributed by atoms with Crippen LogP contribution in [0, 0.1) is 24.7 Å². The van der Waals surface area contributed by atoms with Crippen LogP contribution < -0.4 is 10.6 Å². The summed E-state index contributed by atoms with van der Waals surface area (Å²) in [5.74, 6) is 2.36. The summed E-state index contributed by atoms with van der Waals surface area (Å²) >= 11 is 7.65. The number of benzene rings is 2. The number of anilines is 1. The first-order valence-electron chi connectivity index (χ1n) is 11.0. The van der Waals surface area contributed by atoms with Crippen molar-refractivity contribution >= 4 is 40.9 Å². The maximum atomic E-state index is 12.9. The molecule has 0 saturated heterocycles. The fourth-order valence-electron chi connectivity index (χ4n) is 5.14. The number of hydrogen-bond donors (Lipinski definition) is 2. The highest BCUT2D eigenvalue weighted by Gasteiger charge is 2.42. The van der Waals surface area contributed by atoms with Crippen LogP contribution >= 0.6 is 23.4 Å². The molecule has 0 aromatic heterocycles. The molecule has 6 heteroatoms. The molecule has 4 atom stereocenters. The summed E-state index contributed by atoms with van der Waals surface area (Å²) in [6.07, 6.45) is 5.28. The van der Waals surface area contributed by atoms with Crippen LogP contribution in [0.15, 0.2) is 47.4 Å². The molecule has 2 amide bonds. The lowest BCUT2D eigenvalue weighted by Crippen LogP contribution is -2.40. The van der Waals surface area contributed by atoms with Gasteiger partial charge in [-0.1, -0.05) is 36.2 Å². The monoisotopic (exact) mass is 456 g/mol. The highest BCUT2D eigenvalue weighted by atomic mass is 35.5. The summed E-state index contributed by atoms with van der Waals surface area (Å²) in [4.78, 5) is 26.2. The van der Waals surface area contributed by atoms with Crippen molar-refractivity contribution in [2.75, 3.05) is 11.1 Å². The van der Waals surface area contributed by atoms with Crippen LogP contribution in [0.1, 0.15) is 48.5 Å². The highest BCUT2D eigenvalue weighted by molar-refractivity contribution is 8.00. The molecule has 4 nitrogen and oxygen atoms in total. The number of amides is 2. The Morgan fingerprint density at radius 1 is 1.16 bits per heavy atom. The number of nitrogens with one attached hydrogen (secondary N) is 2. The molecule has 2 N–H and O–H groups in total. The molecule has 0 unspecified atom stereocenters. The third-order valence-electron chi connectivity index (χ3n) is 6.69. The van der Waals surface area contributed by atoms with E-state index in [-0.39, 0.29) is 17.9 Å². The molecule has 2 aliphatic carbocycles. The predicted octanol–water partition coefficient (Wildman–Crippen LogP) is 5.93. The van der Waals surface area contributed by atoms with Gasteiger partial charge in [-0.2, -0.15) is 0 Å². The van der Waals surface area contributed by atoms with Gasteiger partial charge >= 0.3 is 0 Å². The Hall–Kier alpha value is -1.98. The van der Waals surface area contributed by atoms with Crippen molar-refractivity contribution in [1.82, 2.24) is 5.32 Å². The fraction of sp³-hybridized carbons (Fsp3) is 0.440.